The fourth-order valence-electron chi connectivity index (χ4n) is 13.3. The molecule has 0 radical (unpaired) electrons. The minimum Gasteiger partial charge on any atom is -0.466 e. The number of carbonyl (C=O) groups is 2. The second-order valence-electron chi connectivity index (χ2n) is 28.8. The van der Waals surface area contributed by atoms with Gasteiger partial charge < -0.3 is 20.3 Å². The van der Waals surface area contributed by atoms with Gasteiger partial charge in [-0.2, -0.15) is 0 Å². The van der Waals surface area contributed by atoms with E-state index in [4.69, 9.17) is 4.74 Å². The van der Waals surface area contributed by atoms with Crippen LogP contribution >= 0.6 is 0 Å². The first kappa shape index (κ1) is 89.1. The van der Waals surface area contributed by atoms with Crippen LogP contribution in [0.1, 0.15) is 470 Å². The minimum absolute atomic E-state index is 0.0219. The summed E-state index contributed by atoms with van der Waals surface area (Å²) in [5, 5.41) is 23.3. The smallest absolute Gasteiger partial charge is 0.305 e. The fourth-order valence-corrected chi connectivity index (χ4v) is 13.3. The van der Waals surface area contributed by atoms with Crippen LogP contribution in [-0.4, -0.2) is 47.4 Å². The van der Waals surface area contributed by atoms with Crippen LogP contribution in [0, 0.1) is 0 Å². The number of hydrogen-bond acceptors (Lipinski definition) is 5. The molecule has 2 unspecified atom stereocenters. The lowest BCUT2D eigenvalue weighted by Gasteiger charge is -2.20. The molecule has 0 fully saturated rings. The molecule has 91 heavy (non-hydrogen) atoms. The Labute approximate surface area is 570 Å². The molecule has 538 valence electrons. The molecule has 0 aliphatic rings. The van der Waals surface area contributed by atoms with Crippen LogP contribution in [0.15, 0.2) is 36.5 Å². The molecule has 6 nitrogen and oxygen atoms in total. The van der Waals surface area contributed by atoms with Crippen LogP contribution in [0.3, 0.4) is 0 Å². The van der Waals surface area contributed by atoms with E-state index < -0.39 is 12.1 Å². The van der Waals surface area contributed by atoms with Crippen LogP contribution in [0.5, 0.6) is 0 Å². The highest BCUT2D eigenvalue weighted by molar-refractivity contribution is 5.76. The highest BCUT2D eigenvalue weighted by Crippen LogP contribution is 2.20. The highest BCUT2D eigenvalue weighted by Gasteiger charge is 2.18. The standard InChI is InChI=1S/C85H163NO5/c1-3-5-7-9-11-13-15-17-19-21-23-39-42-45-49-53-57-61-65-69-73-77-83(88)82(81-87)86-84(89)78-74-70-66-62-58-54-50-46-43-40-37-35-33-31-29-27-25-24-26-28-30-32-34-36-38-41-44-48-52-56-60-64-68-72-76-80-91-85(90)79-75-71-67-63-59-55-51-47-22-20-18-16-14-12-10-8-6-4-2/h26,28,32,34,73,77,82-83,87-88H,3-25,27,29-31,33,35-72,74-76,78-81H2,1-2H3,(H,86,89)/b28-26-,34-32-,77-73+. The van der Waals surface area contributed by atoms with E-state index in [-0.39, 0.29) is 18.5 Å². The van der Waals surface area contributed by atoms with Crippen molar-refractivity contribution in [3.8, 4) is 0 Å². The predicted molar refractivity (Wildman–Crippen MR) is 403 cm³/mol. The lowest BCUT2D eigenvalue weighted by atomic mass is 10.0. The van der Waals surface area contributed by atoms with E-state index in [1.165, 1.54) is 398 Å². The van der Waals surface area contributed by atoms with Crippen LogP contribution in [-0.2, 0) is 14.3 Å². The number of aliphatic hydroxyl groups is 2. The third-order valence-corrected chi connectivity index (χ3v) is 19.7. The fraction of sp³-hybridized carbons (Fsp3) is 0.906. The van der Waals surface area contributed by atoms with Gasteiger partial charge in [-0.1, -0.05) is 429 Å². The van der Waals surface area contributed by atoms with Gasteiger partial charge in [0.25, 0.3) is 0 Å². The van der Waals surface area contributed by atoms with E-state index in [0.29, 0.717) is 19.4 Å². The quantitative estimate of drug-likeness (QED) is 0.0320. The van der Waals surface area contributed by atoms with Gasteiger partial charge in [0.2, 0.25) is 5.91 Å². The number of hydrogen-bond donors (Lipinski definition) is 3. The molecule has 0 saturated heterocycles. The number of rotatable bonds is 79. The Kier molecular flexibility index (Phi) is 78.8. The third-order valence-electron chi connectivity index (χ3n) is 19.7. The first-order valence-corrected chi connectivity index (χ1v) is 41.8. The Bertz CT molecular complexity index is 1470. The van der Waals surface area contributed by atoms with Gasteiger partial charge in [0.15, 0.2) is 0 Å². The summed E-state index contributed by atoms with van der Waals surface area (Å²) < 4.78 is 5.52. The maximum Gasteiger partial charge on any atom is 0.305 e. The van der Waals surface area contributed by atoms with Crippen molar-refractivity contribution in [2.45, 2.75) is 482 Å². The number of nitrogens with one attached hydrogen (secondary N) is 1. The first-order valence-electron chi connectivity index (χ1n) is 41.8. The molecule has 0 aliphatic heterocycles. The Balaban J connectivity index is 3.38. The third kappa shape index (κ3) is 77.0. The zero-order valence-corrected chi connectivity index (χ0v) is 61.9. The van der Waals surface area contributed by atoms with Gasteiger partial charge in [0.1, 0.15) is 0 Å². The second kappa shape index (κ2) is 80.5. The van der Waals surface area contributed by atoms with E-state index in [0.717, 1.165) is 44.9 Å². The Hall–Kier alpha value is -1.92. The lowest BCUT2D eigenvalue weighted by Crippen LogP contribution is -2.45. The number of ether oxygens (including phenoxy) is 1. The van der Waals surface area contributed by atoms with Gasteiger partial charge in [-0.25, -0.2) is 0 Å². The van der Waals surface area contributed by atoms with Crippen molar-refractivity contribution in [2.75, 3.05) is 13.2 Å². The van der Waals surface area contributed by atoms with E-state index in [2.05, 4.69) is 43.5 Å². The summed E-state index contributed by atoms with van der Waals surface area (Å²) in [4.78, 5) is 24.7. The second-order valence-corrected chi connectivity index (χ2v) is 28.8. The van der Waals surface area contributed by atoms with Crippen LogP contribution < -0.4 is 5.32 Å². The van der Waals surface area contributed by atoms with Gasteiger partial charge in [0, 0.05) is 12.8 Å². The number of unbranched alkanes of at least 4 members (excludes halogenated alkanes) is 64. The van der Waals surface area contributed by atoms with Gasteiger partial charge >= 0.3 is 5.97 Å². The minimum atomic E-state index is -0.844. The van der Waals surface area contributed by atoms with Crippen molar-refractivity contribution in [2.24, 2.45) is 0 Å². The van der Waals surface area contributed by atoms with Crippen molar-refractivity contribution < 1.29 is 24.5 Å². The van der Waals surface area contributed by atoms with Crippen molar-refractivity contribution in [1.82, 2.24) is 5.32 Å². The molecule has 0 aromatic carbocycles. The molecule has 3 N–H and O–H groups in total. The molecule has 0 aliphatic carbocycles. The van der Waals surface area contributed by atoms with Gasteiger partial charge in [-0.05, 0) is 64.2 Å². The molecule has 0 saturated carbocycles. The van der Waals surface area contributed by atoms with Crippen molar-refractivity contribution >= 4 is 11.9 Å². The topological polar surface area (TPSA) is 95.9 Å². The Morgan fingerprint density at radius 2 is 0.549 bits per heavy atom. The summed E-state index contributed by atoms with van der Waals surface area (Å²) in [7, 11) is 0. The Morgan fingerprint density at radius 3 is 0.835 bits per heavy atom. The zero-order chi connectivity index (χ0) is 65.6. The largest absolute Gasteiger partial charge is 0.466 e. The zero-order valence-electron chi connectivity index (χ0n) is 61.9. The van der Waals surface area contributed by atoms with Crippen molar-refractivity contribution in [3.63, 3.8) is 0 Å². The normalized spacial score (nSPS) is 12.6. The number of amides is 1. The molecule has 0 bridgehead atoms. The summed E-state index contributed by atoms with van der Waals surface area (Å²) >= 11 is 0. The first-order chi connectivity index (χ1) is 45.0. The average molecular weight is 1280 g/mol. The summed E-state index contributed by atoms with van der Waals surface area (Å²) in [6.45, 7) is 4.96. The maximum atomic E-state index is 12.5. The monoisotopic (exact) mass is 1280 g/mol. The van der Waals surface area contributed by atoms with E-state index in [1.54, 1.807) is 6.08 Å². The molecular weight excluding hydrogens is 1110 g/mol. The van der Waals surface area contributed by atoms with E-state index >= 15 is 0 Å². The lowest BCUT2D eigenvalue weighted by molar-refractivity contribution is -0.143. The summed E-state index contributed by atoms with van der Waals surface area (Å²) in [6, 6.07) is -0.627. The highest BCUT2D eigenvalue weighted by atomic mass is 16.5. The summed E-state index contributed by atoms with van der Waals surface area (Å²) in [5.41, 5.74) is 0. The van der Waals surface area contributed by atoms with Crippen molar-refractivity contribution in [3.05, 3.63) is 36.5 Å². The van der Waals surface area contributed by atoms with Crippen LogP contribution in [0.4, 0.5) is 0 Å². The molecule has 0 aromatic heterocycles. The number of aliphatic hydroxyl groups excluding tert-OH is 2. The SMILES string of the molecule is CCCCCCCCCCCCCCCCCCCCC/C=C/C(O)C(CO)NC(=O)CCCCCCCCCCCCCCCCCCC/C=C\C/C=C\CCCCCCCCCCCCCOC(=O)CCCCCCCCCCCCCCCCCCCC. The van der Waals surface area contributed by atoms with Crippen LogP contribution in [0.25, 0.3) is 0 Å². The van der Waals surface area contributed by atoms with Crippen molar-refractivity contribution in [1.29, 1.82) is 0 Å². The molecular formula is C85H163NO5. The maximum absolute atomic E-state index is 12.5. The van der Waals surface area contributed by atoms with Gasteiger partial charge in [-0.15, -0.1) is 0 Å². The Morgan fingerprint density at radius 1 is 0.308 bits per heavy atom. The average Bonchev–Trinajstić information content (AvgIpc) is 3.59. The van der Waals surface area contributed by atoms with E-state index in [1.807, 2.05) is 6.08 Å². The number of esters is 1. The number of allylic oxidation sites excluding steroid dienone is 5. The molecule has 0 aromatic rings. The molecule has 0 rings (SSSR count). The summed E-state index contributed by atoms with van der Waals surface area (Å²) in [6.07, 6.45) is 106. The molecule has 0 spiro atoms. The van der Waals surface area contributed by atoms with Gasteiger partial charge in [0.05, 0.1) is 25.4 Å². The van der Waals surface area contributed by atoms with Crippen LogP contribution in [0.2, 0.25) is 0 Å². The molecule has 0 heterocycles. The molecule has 6 heteroatoms. The predicted octanol–water partition coefficient (Wildman–Crippen LogP) is 27.8. The molecule has 2 atom stereocenters. The molecule has 1 amide bonds. The summed E-state index contributed by atoms with van der Waals surface area (Å²) in [5.74, 6) is -0.0390. The number of carbonyl (C=O) groups excluding carboxylic acids is 2. The van der Waals surface area contributed by atoms with E-state index in [9.17, 15) is 19.8 Å². The van der Waals surface area contributed by atoms with Gasteiger partial charge in [-0.3, -0.25) is 9.59 Å².